The smallest absolute Gasteiger partial charge is 0.166 e. The second-order valence-corrected chi connectivity index (χ2v) is 9.86. The number of ketones is 3. The topological polar surface area (TPSA) is 107 Å². The highest BCUT2D eigenvalue weighted by Gasteiger charge is 2.23. The fourth-order valence-electron chi connectivity index (χ4n) is 5.28. The van der Waals surface area contributed by atoms with Crippen LogP contribution >= 0.6 is 0 Å². The predicted molar refractivity (Wildman–Crippen MR) is 157 cm³/mol. The molecule has 0 heterocycles. The summed E-state index contributed by atoms with van der Waals surface area (Å²) >= 11 is 0. The minimum absolute atomic E-state index is 0.135. The second kappa shape index (κ2) is 13.4. The van der Waals surface area contributed by atoms with E-state index in [0.717, 1.165) is 0 Å². The summed E-state index contributed by atoms with van der Waals surface area (Å²) in [6.45, 7) is 0. The molecule has 0 unspecified atom stereocenters. The number of hydrogen-bond donors (Lipinski definition) is 0. The Morgan fingerprint density at radius 1 is 0.357 bits per heavy atom. The summed E-state index contributed by atoms with van der Waals surface area (Å²) in [5.74, 6) is 2.22. The van der Waals surface area contributed by atoms with Gasteiger partial charge in [-0.15, -0.1) is 0 Å². The number of fused-ring (bicyclic) bond motifs is 6. The third-order valence-electron chi connectivity index (χ3n) is 7.57. The van der Waals surface area contributed by atoms with Crippen LogP contribution in [0.3, 0.4) is 0 Å². The van der Waals surface area contributed by atoms with E-state index in [9.17, 15) is 14.4 Å². The summed E-state index contributed by atoms with van der Waals surface area (Å²) in [6, 6.07) is 10.2. The Morgan fingerprint density at radius 2 is 0.595 bits per heavy atom. The first kappa shape index (κ1) is 30.4. The maximum absolute atomic E-state index is 13.5. The molecule has 0 aromatic heterocycles. The van der Waals surface area contributed by atoms with E-state index in [2.05, 4.69) is 0 Å². The van der Waals surface area contributed by atoms with Gasteiger partial charge in [0.05, 0.1) is 59.3 Å². The molecule has 0 fully saturated rings. The minimum Gasteiger partial charge on any atom is -0.496 e. The molecule has 9 nitrogen and oxygen atoms in total. The molecule has 3 aromatic carbocycles. The molecule has 0 spiro atoms. The van der Waals surface area contributed by atoms with Crippen molar-refractivity contribution in [2.75, 3.05) is 42.7 Å². The molecular weight excluding hydrogens is 540 g/mol. The van der Waals surface area contributed by atoms with Crippen LogP contribution in [0.25, 0.3) is 0 Å². The second-order valence-electron chi connectivity index (χ2n) is 9.86. The highest BCUT2D eigenvalue weighted by molar-refractivity contribution is 6.01. The fourth-order valence-corrected chi connectivity index (χ4v) is 5.28. The number of carbonyl (C=O) groups is 3. The maximum atomic E-state index is 13.5. The lowest BCUT2D eigenvalue weighted by Gasteiger charge is -2.17. The minimum atomic E-state index is -0.157. The zero-order chi connectivity index (χ0) is 30.4. The van der Waals surface area contributed by atoms with Crippen molar-refractivity contribution in [3.05, 3.63) is 69.8 Å². The normalized spacial score (nSPS) is 14.0. The van der Waals surface area contributed by atoms with Crippen molar-refractivity contribution in [2.45, 2.75) is 38.5 Å². The summed E-state index contributed by atoms with van der Waals surface area (Å²) in [5, 5.41) is 0. The molecule has 0 radical (unpaired) electrons. The molecule has 1 aliphatic rings. The van der Waals surface area contributed by atoms with Crippen LogP contribution in [-0.2, 0) is 19.3 Å². The predicted octanol–water partition coefficient (Wildman–Crippen LogP) is 5.50. The lowest BCUT2D eigenvalue weighted by atomic mass is 9.93. The summed E-state index contributed by atoms with van der Waals surface area (Å²) in [7, 11) is 9.08. The van der Waals surface area contributed by atoms with Gasteiger partial charge < -0.3 is 28.4 Å². The quantitative estimate of drug-likeness (QED) is 0.376. The molecule has 6 bridgehead atoms. The lowest BCUT2D eigenvalue weighted by Crippen LogP contribution is -2.11. The molecule has 0 saturated carbocycles. The fraction of sp³-hybridized carbons (Fsp3) is 0.364. The van der Waals surface area contributed by atoms with E-state index < -0.39 is 0 Å². The zero-order valence-corrected chi connectivity index (χ0v) is 24.9. The number of hydrogen-bond acceptors (Lipinski definition) is 9. The molecule has 9 heteroatoms. The first-order valence-corrected chi connectivity index (χ1v) is 13.6. The van der Waals surface area contributed by atoms with Gasteiger partial charge in [0.25, 0.3) is 0 Å². The number of methoxy groups -OCH3 is 6. The van der Waals surface area contributed by atoms with Gasteiger partial charge in [0.15, 0.2) is 17.3 Å². The number of ether oxygens (including phenoxy) is 6. The third kappa shape index (κ3) is 6.20. The van der Waals surface area contributed by atoms with E-state index in [0.29, 0.717) is 87.1 Å². The Labute approximate surface area is 245 Å². The first-order chi connectivity index (χ1) is 20.3. The van der Waals surface area contributed by atoms with Crippen molar-refractivity contribution in [3.8, 4) is 34.5 Å². The molecule has 0 N–H and O–H groups in total. The van der Waals surface area contributed by atoms with Gasteiger partial charge in [-0.2, -0.15) is 0 Å². The Bertz CT molecular complexity index is 1330. The molecule has 4 rings (SSSR count). The van der Waals surface area contributed by atoms with Gasteiger partial charge in [-0.3, -0.25) is 14.4 Å². The van der Waals surface area contributed by atoms with Crippen LogP contribution < -0.4 is 28.4 Å². The highest BCUT2D eigenvalue weighted by Crippen LogP contribution is 2.36. The number of Topliss-reactive ketones (excluding diaryl/α,β-unsaturated/α-hetero) is 3. The molecule has 0 atom stereocenters. The van der Waals surface area contributed by atoms with Gasteiger partial charge >= 0.3 is 0 Å². The standard InChI is InChI=1S/C33H36O9/c1-37-28-16-31(40-4)22-13-19(28)7-10-25(34)23-14-21(29(38-2)17-32(23)41-5)9-12-27(36)24-15-20(8-11-26(22)35)30(39-3)18-33(24)42-6/h13-18H,7-12H2,1-6H3. The average Bonchev–Trinajstić information content (AvgIpc) is 3.02. The van der Waals surface area contributed by atoms with Gasteiger partial charge in [-0.05, 0) is 54.2 Å². The highest BCUT2D eigenvalue weighted by atomic mass is 16.5. The molecule has 0 aliphatic heterocycles. The maximum Gasteiger partial charge on any atom is 0.166 e. The largest absolute Gasteiger partial charge is 0.496 e. The SMILES string of the molecule is COc1cc(OC)c2cc1CCC(=O)c1cc(c(OC)cc1OC)CCC(=O)c1cc(c(OC)cc1OC)CCC2=O. The van der Waals surface area contributed by atoms with Crippen molar-refractivity contribution >= 4 is 17.3 Å². The van der Waals surface area contributed by atoms with Gasteiger partial charge in [0, 0.05) is 37.5 Å². The molecule has 3 aromatic rings. The molecule has 222 valence electrons. The van der Waals surface area contributed by atoms with Crippen LogP contribution in [0.5, 0.6) is 34.5 Å². The Balaban J connectivity index is 1.88. The Morgan fingerprint density at radius 3 is 0.810 bits per heavy atom. The van der Waals surface area contributed by atoms with Crippen LogP contribution in [0.1, 0.15) is 67.0 Å². The van der Waals surface area contributed by atoms with Gasteiger partial charge in [-0.25, -0.2) is 0 Å². The van der Waals surface area contributed by atoms with E-state index in [4.69, 9.17) is 28.4 Å². The monoisotopic (exact) mass is 576 g/mol. The Hall–Kier alpha value is -4.53. The number of benzene rings is 3. The van der Waals surface area contributed by atoms with Crippen LogP contribution in [-0.4, -0.2) is 60.0 Å². The Kier molecular flexibility index (Phi) is 9.72. The van der Waals surface area contributed by atoms with Crippen LogP contribution in [0.2, 0.25) is 0 Å². The van der Waals surface area contributed by atoms with Crippen molar-refractivity contribution < 1.29 is 42.8 Å². The summed E-state index contributed by atoms with van der Waals surface area (Å²) < 4.78 is 33.3. The molecule has 42 heavy (non-hydrogen) atoms. The van der Waals surface area contributed by atoms with Gasteiger partial charge in [0.1, 0.15) is 34.5 Å². The van der Waals surface area contributed by atoms with E-state index in [-0.39, 0.29) is 36.6 Å². The molecule has 0 amide bonds. The van der Waals surface area contributed by atoms with Gasteiger partial charge in [0.2, 0.25) is 0 Å². The molecule has 1 aliphatic carbocycles. The van der Waals surface area contributed by atoms with Crippen molar-refractivity contribution in [1.29, 1.82) is 0 Å². The number of rotatable bonds is 6. The zero-order valence-electron chi connectivity index (χ0n) is 24.9. The number of aryl methyl sites for hydroxylation is 3. The van der Waals surface area contributed by atoms with E-state index in [1.165, 1.54) is 42.7 Å². The lowest BCUT2D eigenvalue weighted by molar-refractivity contribution is 0.0973. The van der Waals surface area contributed by atoms with E-state index >= 15 is 0 Å². The van der Waals surface area contributed by atoms with E-state index in [1.807, 2.05) is 0 Å². The average molecular weight is 577 g/mol. The third-order valence-corrected chi connectivity index (χ3v) is 7.57. The number of carbonyl (C=O) groups excluding carboxylic acids is 3. The van der Waals surface area contributed by atoms with Crippen LogP contribution in [0.4, 0.5) is 0 Å². The summed E-state index contributed by atoms with van der Waals surface area (Å²) in [5.41, 5.74) is 3.27. The van der Waals surface area contributed by atoms with Crippen molar-refractivity contribution in [2.24, 2.45) is 0 Å². The molecule has 0 saturated heterocycles. The van der Waals surface area contributed by atoms with Gasteiger partial charge in [-0.1, -0.05) is 0 Å². The van der Waals surface area contributed by atoms with Crippen molar-refractivity contribution in [3.63, 3.8) is 0 Å². The van der Waals surface area contributed by atoms with Crippen LogP contribution in [0.15, 0.2) is 36.4 Å². The summed E-state index contributed by atoms with van der Waals surface area (Å²) in [4.78, 5) is 40.5. The first-order valence-electron chi connectivity index (χ1n) is 13.6. The van der Waals surface area contributed by atoms with Crippen molar-refractivity contribution in [1.82, 2.24) is 0 Å². The summed E-state index contributed by atoms with van der Waals surface area (Å²) in [6.07, 6.45) is 1.38. The van der Waals surface area contributed by atoms with E-state index in [1.54, 1.807) is 36.4 Å². The van der Waals surface area contributed by atoms with Crippen LogP contribution in [0, 0.1) is 0 Å². The molecular formula is C33H36O9.